The summed E-state index contributed by atoms with van der Waals surface area (Å²) in [6.45, 7) is 0. The van der Waals surface area contributed by atoms with Gasteiger partial charge in [0.2, 0.25) is 0 Å². The summed E-state index contributed by atoms with van der Waals surface area (Å²) in [5, 5.41) is 5.65. The van der Waals surface area contributed by atoms with Crippen LogP contribution in [-0.2, 0) is 0 Å². The van der Waals surface area contributed by atoms with Crippen molar-refractivity contribution < 1.29 is 4.79 Å². The molecule has 2 atom stereocenters. The van der Waals surface area contributed by atoms with E-state index in [9.17, 15) is 4.79 Å². The van der Waals surface area contributed by atoms with E-state index in [2.05, 4.69) is 10.3 Å². The highest BCUT2D eigenvalue weighted by Crippen LogP contribution is 2.30. The summed E-state index contributed by atoms with van der Waals surface area (Å²) in [6.07, 6.45) is 4.65. The van der Waals surface area contributed by atoms with Gasteiger partial charge < -0.3 is 10.2 Å². The Balaban J connectivity index is 1.53. The third-order valence-corrected chi connectivity index (χ3v) is 5.74. The number of thiazole rings is 1. The van der Waals surface area contributed by atoms with E-state index in [0.29, 0.717) is 18.1 Å². The minimum Gasteiger partial charge on any atom is -0.339 e. The molecule has 0 aliphatic carbocycles. The zero-order chi connectivity index (χ0) is 15.8. The Bertz CT molecular complexity index is 688. The Morgan fingerprint density at radius 1 is 1.30 bits per heavy atom. The van der Waals surface area contributed by atoms with Crippen LogP contribution in [0.25, 0.3) is 11.3 Å². The highest BCUT2D eigenvalue weighted by atomic mass is 32.1. The first-order valence-electron chi connectivity index (χ1n) is 8.22. The lowest BCUT2D eigenvalue weighted by molar-refractivity contribution is 0.0682. The molecule has 4 rings (SSSR count). The molecule has 2 unspecified atom stereocenters. The lowest BCUT2D eigenvalue weighted by Crippen LogP contribution is -2.48. The van der Waals surface area contributed by atoms with Gasteiger partial charge in [-0.1, -0.05) is 12.1 Å². The van der Waals surface area contributed by atoms with Gasteiger partial charge in [-0.05, 0) is 37.8 Å². The van der Waals surface area contributed by atoms with E-state index in [1.54, 1.807) is 11.3 Å². The molecular formula is C18H21N3OS. The summed E-state index contributed by atoms with van der Waals surface area (Å²) in [7, 11) is 1.95. The summed E-state index contributed by atoms with van der Waals surface area (Å²) in [5.74, 6) is 0.119. The Hall–Kier alpha value is -1.72. The van der Waals surface area contributed by atoms with Gasteiger partial charge in [0, 0.05) is 41.7 Å². The SMILES string of the molecule is CN(C(=O)c1cccc(-c2cscn2)c1)C1CC2CCC(C1)N2. The molecule has 1 N–H and O–H groups in total. The van der Waals surface area contributed by atoms with E-state index in [-0.39, 0.29) is 5.91 Å². The number of fused-ring (bicyclic) bond motifs is 2. The molecule has 3 heterocycles. The van der Waals surface area contributed by atoms with Crippen molar-refractivity contribution in [2.75, 3.05) is 7.05 Å². The highest BCUT2D eigenvalue weighted by Gasteiger charge is 2.36. The number of amides is 1. The van der Waals surface area contributed by atoms with Gasteiger partial charge in [0.25, 0.3) is 5.91 Å². The number of nitrogens with one attached hydrogen (secondary N) is 1. The quantitative estimate of drug-likeness (QED) is 0.942. The highest BCUT2D eigenvalue weighted by molar-refractivity contribution is 7.07. The minimum atomic E-state index is 0.119. The number of benzene rings is 1. The second kappa shape index (κ2) is 6.06. The van der Waals surface area contributed by atoms with Gasteiger partial charge in [0.05, 0.1) is 11.2 Å². The topological polar surface area (TPSA) is 45.2 Å². The summed E-state index contributed by atoms with van der Waals surface area (Å²) >= 11 is 1.57. The molecule has 0 saturated carbocycles. The number of carbonyl (C=O) groups is 1. The first kappa shape index (κ1) is 14.8. The van der Waals surface area contributed by atoms with Crippen LogP contribution >= 0.6 is 11.3 Å². The van der Waals surface area contributed by atoms with Crippen molar-refractivity contribution >= 4 is 17.2 Å². The normalized spacial score (nSPS) is 26.2. The predicted molar refractivity (Wildman–Crippen MR) is 92.6 cm³/mol. The number of aromatic nitrogens is 1. The summed E-state index contributed by atoms with van der Waals surface area (Å²) in [5.41, 5.74) is 4.52. The molecule has 1 aromatic heterocycles. The van der Waals surface area contributed by atoms with Gasteiger partial charge in [0.15, 0.2) is 0 Å². The van der Waals surface area contributed by atoms with Gasteiger partial charge >= 0.3 is 0 Å². The number of hydrogen-bond acceptors (Lipinski definition) is 4. The second-order valence-corrected chi connectivity index (χ2v) is 7.35. The molecule has 23 heavy (non-hydrogen) atoms. The van der Waals surface area contributed by atoms with Crippen LogP contribution in [0.15, 0.2) is 35.2 Å². The van der Waals surface area contributed by atoms with Crippen molar-refractivity contribution in [3.05, 3.63) is 40.7 Å². The van der Waals surface area contributed by atoms with Crippen LogP contribution in [0.5, 0.6) is 0 Å². The van der Waals surface area contributed by atoms with E-state index in [4.69, 9.17) is 0 Å². The monoisotopic (exact) mass is 327 g/mol. The second-order valence-electron chi connectivity index (χ2n) is 6.63. The average molecular weight is 327 g/mol. The van der Waals surface area contributed by atoms with Crippen molar-refractivity contribution in [1.82, 2.24) is 15.2 Å². The molecule has 2 aliphatic rings. The fraction of sp³-hybridized carbons (Fsp3) is 0.444. The summed E-state index contributed by atoms with van der Waals surface area (Å²) in [6, 6.07) is 9.36. The largest absolute Gasteiger partial charge is 0.339 e. The molecule has 2 bridgehead atoms. The summed E-state index contributed by atoms with van der Waals surface area (Å²) < 4.78 is 0. The molecule has 5 heteroatoms. The number of nitrogens with zero attached hydrogens (tertiary/aromatic N) is 2. The van der Waals surface area contributed by atoms with Gasteiger partial charge in [-0.3, -0.25) is 4.79 Å². The number of carbonyl (C=O) groups excluding carboxylic acids is 1. The number of hydrogen-bond donors (Lipinski definition) is 1. The van der Waals surface area contributed by atoms with Crippen molar-refractivity contribution in [2.24, 2.45) is 0 Å². The maximum Gasteiger partial charge on any atom is 0.253 e. The van der Waals surface area contributed by atoms with Gasteiger partial charge in [-0.25, -0.2) is 4.98 Å². The van der Waals surface area contributed by atoms with E-state index in [0.717, 1.165) is 29.7 Å². The Morgan fingerprint density at radius 3 is 2.78 bits per heavy atom. The molecule has 0 radical (unpaired) electrons. The lowest BCUT2D eigenvalue weighted by Gasteiger charge is -2.35. The maximum atomic E-state index is 12.9. The fourth-order valence-electron chi connectivity index (χ4n) is 3.88. The van der Waals surface area contributed by atoms with Crippen molar-refractivity contribution in [2.45, 2.75) is 43.8 Å². The first-order valence-corrected chi connectivity index (χ1v) is 9.17. The number of rotatable bonds is 3. The van der Waals surface area contributed by atoms with Crippen LogP contribution in [0.3, 0.4) is 0 Å². The van der Waals surface area contributed by atoms with Crippen molar-refractivity contribution in [3.63, 3.8) is 0 Å². The van der Waals surface area contributed by atoms with Gasteiger partial charge in [-0.15, -0.1) is 11.3 Å². The van der Waals surface area contributed by atoms with Crippen LogP contribution in [0, 0.1) is 0 Å². The molecule has 2 aromatic rings. The van der Waals surface area contributed by atoms with E-state index in [1.807, 2.05) is 47.1 Å². The van der Waals surface area contributed by atoms with E-state index >= 15 is 0 Å². The van der Waals surface area contributed by atoms with Crippen molar-refractivity contribution in [3.8, 4) is 11.3 Å². The molecule has 120 valence electrons. The maximum absolute atomic E-state index is 12.9. The standard InChI is InChI=1S/C18H21N3OS/c1-21(16-8-14-5-6-15(9-16)20-14)18(22)13-4-2-3-12(7-13)17-10-23-11-19-17/h2-4,7,10-11,14-16,20H,5-6,8-9H2,1H3. The zero-order valence-corrected chi connectivity index (χ0v) is 14.1. The Kier molecular flexibility index (Phi) is 3.91. The van der Waals surface area contributed by atoms with Crippen LogP contribution in [0.1, 0.15) is 36.0 Å². The smallest absolute Gasteiger partial charge is 0.253 e. The average Bonchev–Trinajstić information content (AvgIpc) is 3.23. The van der Waals surface area contributed by atoms with Crippen LogP contribution in [0.2, 0.25) is 0 Å². The predicted octanol–water partition coefficient (Wildman–Crippen LogP) is 3.17. The van der Waals surface area contributed by atoms with E-state index < -0.39 is 0 Å². The summed E-state index contributed by atoms with van der Waals surface area (Å²) in [4.78, 5) is 19.2. The molecule has 1 aromatic carbocycles. The van der Waals surface area contributed by atoms with E-state index in [1.165, 1.54) is 12.8 Å². The zero-order valence-electron chi connectivity index (χ0n) is 13.2. The number of piperidine rings is 1. The lowest BCUT2D eigenvalue weighted by atomic mass is 9.97. The van der Waals surface area contributed by atoms with Crippen molar-refractivity contribution in [1.29, 1.82) is 0 Å². The Morgan fingerprint density at radius 2 is 2.09 bits per heavy atom. The molecule has 4 nitrogen and oxygen atoms in total. The molecular weight excluding hydrogens is 306 g/mol. The molecule has 2 saturated heterocycles. The third-order valence-electron chi connectivity index (χ3n) is 5.15. The first-order chi connectivity index (χ1) is 11.2. The fourth-order valence-corrected chi connectivity index (χ4v) is 4.44. The van der Waals surface area contributed by atoms with Crippen LogP contribution in [-0.4, -0.2) is 41.0 Å². The van der Waals surface area contributed by atoms with Gasteiger partial charge in [0.1, 0.15) is 0 Å². The van der Waals surface area contributed by atoms with Crippen LogP contribution in [0.4, 0.5) is 0 Å². The molecule has 0 spiro atoms. The van der Waals surface area contributed by atoms with Crippen LogP contribution < -0.4 is 5.32 Å². The molecule has 2 fully saturated rings. The molecule has 1 amide bonds. The minimum absolute atomic E-state index is 0.119. The Labute approximate surface area is 140 Å². The third kappa shape index (κ3) is 2.91. The molecule has 2 aliphatic heterocycles. The van der Waals surface area contributed by atoms with Gasteiger partial charge in [-0.2, -0.15) is 0 Å².